The lowest BCUT2D eigenvalue weighted by molar-refractivity contribution is -0.146. The van der Waals surface area contributed by atoms with Crippen LogP contribution in [0.15, 0.2) is 30.3 Å². The Morgan fingerprint density at radius 3 is 2.36 bits per heavy atom. The Hall–Kier alpha value is -2.55. The largest absolute Gasteiger partial charge is 0.464 e. The van der Waals surface area contributed by atoms with Gasteiger partial charge in [-0.3, -0.25) is 4.79 Å². The van der Waals surface area contributed by atoms with Crippen LogP contribution >= 0.6 is 11.8 Å². The lowest BCUT2D eigenvalue weighted by Crippen LogP contribution is -2.42. The van der Waals surface area contributed by atoms with Crippen LogP contribution in [0.25, 0.3) is 0 Å². The molecule has 0 spiro atoms. The smallest absolute Gasteiger partial charge is 0.370 e. The molecule has 0 saturated heterocycles. The van der Waals surface area contributed by atoms with Gasteiger partial charge >= 0.3 is 17.2 Å². The summed E-state index contributed by atoms with van der Waals surface area (Å²) in [6.45, 7) is 2.48. The Kier molecular flexibility index (Phi) is 9.09. The molecule has 0 aliphatic heterocycles. The van der Waals surface area contributed by atoms with Crippen molar-refractivity contribution in [2.45, 2.75) is 19.9 Å². The van der Waals surface area contributed by atoms with Crippen molar-refractivity contribution in [1.82, 2.24) is 5.32 Å². The molecule has 136 valence electrons. The number of carbonyl (C=O) groups excluding carboxylic acids is 4. The molecule has 1 N–H and O–H groups in total. The highest BCUT2D eigenvalue weighted by Gasteiger charge is 2.22. The predicted molar refractivity (Wildman–Crippen MR) is 89.9 cm³/mol. The van der Waals surface area contributed by atoms with Crippen LogP contribution in [0.1, 0.15) is 24.2 Å². The van der Waals surface area contributed by atoms with Crippen molar-refractivity contribution in [1.29, 1.82) is 0 Å². The SMILES string of the molecule is CCOC(=O)[C@H](CSC(=O)OCOC(=O)c1ccccc1)NC(C)=O. The average Bonchev–Trinajstić information content (AvgIpc) is 2.59. The second kappa shape index (κ2) is 11.1. The van der Waals surface area contributed by atoms with E-state index in [1.54, 1.807) is 37.3 Å². The number of hydrogen-bond donors (Lipinski definition) is 1. The molecule has 0 radical (unpaired) electrons. The fourth-order valence-corrected chi connectivity index (χ4v) is 2.29. The van der Waals surface area contributed by atoms with Crippen molar-refractivity contribution in [2.24, 2.45) is 0 Å². The van der Waals surface area contributed by atoms with Gasteiger partial charge in [-0.15, -0.1) is 0 Å². The summed E-state index contributed by atoms with van der Waals surface area (Å²) in [5, 5.41) is 1.64. The summed E-state index contributed by atoms with van der Waals surface area (Å²) in [6, 6.07) is 7.27. The Bertz CT molecular complexity index is 606. The Balaban J connectivity index is 2.35. The first-order valence-electron chi connectivity index (χ1n) is 7.39. The standard InChI is InChI=1S/C16H19NO7S/c1-3-22-15(20)13(17-11(2)18)9-25-16(21)24-10-23-14(19)12-7-5-4-6-8-12/h4-8,13H,3,9-10H2,1-2H3,(H,17,18)/t13-/m0/s1. The fraction of sp³-hybridized carbons (Fsp3) is 0.375. The van der Waals surface area contributed by atoms with Crippen LogP contribution in [0, 0.1) is 0 Å². The number of benzene rings is 1. The molecule has 1 aromatic rings. The summed E-state index contributed by atoms with van der Waals surface area (Å²) >= 11 is 0.660. The summed E-state index contributed by atoms with van der Waals surface area (Å²) in [5.41, 5.74) is 0.333. The number of carbonyl (C=O) groups is 4. The minimum atomic E-state index is -0.970. The molecule has 25 heavy (non-hydrogen) atoms. The molecule has 0 unspecified atom stereocenters. The van der Waals surface area contributed by atoms with E-state index in [1.165, 1.54) is 6.92 Å². The van der Waals surface area contributed by atoms with Gasteiger partial charge < -0.3 is 19.5 Å². The van der Waals surface area contributed by atoms with Crippen molar-refractivity contribution in [2.75, 3.05) is 19.2 Å². The number of ether oxygens (including phenoxy) is 3. The minimum absolute atomic E-state index is 0.0656. The molecule has 1 rings (SSSR count). The second-order valence-corrected chi connectivity index (χ2v) is 5.58. The van der Waals surface area contributed by atoms with E-state index >= 15 is 0 Å². The highest BCUT2D eigenvalue weighted by molar-refractivity contribution is 8.13. The molecule has 0 bridgehead atoms. The normalized spacial score (nSPS) is 11.1. The zero-order valence-electron chi connectivity index (χ0n) is 13.9. The lowest BCUT2D eigenvalue weighted by Gasteiger charge is -2.15. The van der Waals surface area contributed by atoms with Crippen molar-refractivity contribution in [3.63, 3.8) is 0 Å². The van der Waals surface area contributed by atoms with Crippen molar-refractivity contribution < 1.29 is 33.4 Å². The number of amides is 1. The second-order valence-electron chi connectivity index (χ2n) is 4.63. The summed E-state index contributed by atoms with van der Waals surface area (Å²) in [4.78, 5) is 46.0. The van der Waals surface area contributed by atoms with E-state index in [-0.39, 0.29) is 12.4 Å². The van der Waals surface area contributed by atoms with Gasteiger partial charge in [0.2, 0.25) is 12.7 Å². The first-order chi connectivity index (χ1) is 11.9. The van der Waals surface area contributed by atoms with Gasteiger partial charge in [-0.25, -0.2) is 14.4 Å². The van der Waals surface area contributed by atoms with Crippen LogP contribution < -0.4 is 5.32 Å². The van der Waals surface area contributed by atoms with Crippen LogP contribution in [0.4, 0.5) is 4.79 Å². The maximum absolute atomic E-state index is 11.7. The van der Waals surface area contributed by atoms with Gasteiger partial charge in [0.25, 0.3) is 0 Å². The van der Waals surface area contributed by atoms with Gasteiger partial charge in [0.15, 0.2) is 0 Å². The summed E-state index contributed by atoms with van der Waals surface area (Å²) < 4.78 is 14.4. The maximum Gasteiger partial charge on any atom is 0.370 e. The van der Waals surface area contributed by atoms with Gasteiger partial charge in [-0.2, -0.15) is 0 Å². The van der Waals surface area contributed by atoms with E-state index in [9.17, 15) is 19.2 Å². The topological polar surface area (TPSA) is 108 Å². The molecular weight excluding hydrogens is 350 g/mol. The van der Waals surface area contributed by atoms with Gasteiger partial charge in [-0.05, 0) is 30.8 Å². The average molecular weight is 369 g/mol. The molecule has 0 fully saturated rings. The minimum Gasteiger partial charge on any atom is -0.464 e. The van der Waals surface area contributed by atoms with E-state index in [4.69, 9.17) is 14.2 Å². The highest BCUT2D eigenvalue weighted by atomic mass is 32.2. The fourth-order valence-electron chi connectivity index (χ4n) is 1.64. The molecule has 0 heterocycles. The number of hydrogen-bond acceptors (Lipinski definition) is 8. The molecule has 0 saturated carbocycles. The van der Waals surface area contributed by atoms with Crippen LogP contribution in [-0.2, 0) is 23.8 Å². The van der Waals surface area contributed by atoms with Crippen molar-refractivity contribution in [3.8, 4) is 0 Å². The van der Waals surface area contributed by atoms with Crippen LogP contribution in [0.3, 0.4) is 0 Å². The molecule has 1 amide bonds. The van der Waals surface area contributed by atoms with E-state index in [2.05, 4.69) is 5.32 Å². The van der Waals surface area contributed by atoms with E-state index in [0.29, 0.717) is 17.3 Å². The molecular formula is C16H19NO7S. The first-order valence-corrected chi connectivity index (χ1v) is 8.38. The Morgan fingerprint density at radius 2 is 1.76 bits per heavy atom. The predicted octanol–water partition coefficient (Wildman–Crippen LogP) is 1.74. The monoisotopic (exact) mass is 369 g/mol. The Labute approximate surface area is 149 Å². The quantitative estimate of drug-likeness (QED) is 0.545. The summed E-state index contributed by atoms with van der Waals surface area (Å²) in [7, 11) is 0. The molecule has 0 aliphatic carbocycles. The van der Waals surface area contributed by atoms with E-state index in [1.807, 2.05) is 0 Å². The highest BCUT2D eigenvalue weighted by Crippen LogP contribution is 2.09. The zero-order chi connectivity index (χ0) is 18.7. The van der Waals surface area contributed by atoms with Crippen molar-refractivity contribution >= 4 is 34.9 Å². The molecule has 0 aliphatic rings. The third-order valence-corrected chi connectivity index (χ3v) is 3.55. The maximum atomic E-state index is 11.7. The van der Waals surface area contributed by atoms with Gasteiger partial charge in [0.05, 0.1) is 12.2 Å². The number of nitrogens with one attached hydrogen (secondary N) is 1. The van der Waals surface area contributed by atoms with Gasteiger partial charge in [-0.1, -0.05) is 18.2 Å². The summed E-state index contributed by atoms with van der Waals surface area (Å²) in [5.74, 6) is -1.76. The van der Waals surface area contributed by atoms with Gasteiger partial charge in [0, 0.05) is 12.7 Å². The van der Waals surface area contributed by atoms with Crippen LogP contribution in [0.2, 0.25) is 0 Å². The number of esters is 2. The zero-order valence-corrected chi connectivity index (χ0v) is 14.7. The van der Waals surface area contributed by atoms with E-state index in [0.717, 1.165) is 0 Å². The third-order valence-electron chi connectivity index (χ3n) is 2.69. The van der Waals surface area contributed by atoms with Gasteiger partial charge in [0.1, 0.15) is 6.04 Å². The molecule has 8 nitrogen and oxygen atoms in total. The first kappa shape index (κ1) is 20.5. The molecule has 1 atom stereocenters. The molecule has 1 aromatic carbocycles. The number of thioether (sulfide) groups is 1. The summed E-state index contributed by atoms with van der Waals surface area (Å²) in [6.07, 6.45) is 0. The van der Waals surface area contributed by atoms with Crippen LogP contribution in [-0.4, -0.2) is 48.3 Å². The Morgan fingerprint density at radius 1 is 1.08 bits per heavy atom. The van der Waals surface area contributed by atoms with Crippen LogP contribution in [0.5, 0.6) is 0 Å². The molecule has 0 aromatic heterocycles. The number of rotatable bonds is 8. The lowest BCUT2D eigenvalue weighted by atomic mass is 10.2. The van der Waals surface area contributed by atoms with E-state index < -0.39 is 36.0 Å². The molecule has 9 heteroatoms. The third kappa shape index (κ3) is 8.20. The van der Waals surface area contributed by atoms with Crippen molar-refractivity contribution in [3.05, 3.63) is 35.9 Å².